The summed E-state index contributed by atoms with van der Waals surface area (Å²) >= 11 is 0.505. The monoisotopic (exact) mass is 560 g/mol. The molecule has 0 aromatic heterocycles. The van der Waals surface area contributed by atoms with E-state index in [9.17, 15) is 17.6 Å². The Morgan fingerprint density at radius 1 is 0.839 bits per heavy atom. The summed E-state index contributed by atoms with van der Waals surface area (Å²) in [6.07, 6.45) is -3.23. The molecular weight excluding hydrogens is 551 g/mol. The van der Waals surface area contributed by atoms with Crippen LogP contribution in [0.2, 0.25) is 0 Å². The summed E-state index contributed by atoms with van der Waals surface area (Å²) in [5.74, 6) is 0. The number of rotatable bonds is 4. The van der Waals surface area contributed by atoms with E-state index in [1.165, 1.54) is 6.26 Å². The van der Waals surface area contributed by atoms with Gasteiger partial charge in [0.2, 0.25) is 0 Å². The van der Waals surface area contributed by atoms with Gasteiger partial charge in [-0.05, 0) is 11.6 Å². The van der Waals surface area contributed by atoms with Gasteiger partial charge < -0.3 is 21.4 Å². The minimum Gasteiger partial charge on any atom is 0 e. The van der Waals surface area contributed by atoms with Crippen molar-refractivity contribution in [3.8, 4) is 0 Å². The van der Waals surface area contributed by atoms with Crippen molar-refractivity contribution in [3.63, 3.8) is 0 Å². The Bertz CT molecular complexity index is 586. The van der Waals surface area contributed by atoms with E-state index in [0.29, 0.717) is 17.1 Å². The molecule has 0 N–H and O–H groups in total. The molecule has 31 heavy (non-hydrogen) atoms. The van der Waals surface area contributed by atoms with Crippen LogP contribution in [0.4, 0.5) is 17.6 Å². The van der Waals surface area contributed by atoms with Crippen molar-refractivity contribution < 1.29 is 79.6 Å². The van der Waals surface area contributed by atoms with Crippen LogP contribution in [0.5, 0.6) is 0 Å². The molecule has 0 radical (unpaired) electrons. The average molecular weight is 560 g/mol. The maximum absolute atomic E-state index is 12.6. The van der Waals surface area contributed by atoms with Crippen molar-refractivity contribution in [2.24, 2.45) is 0 Å². The number of halogens is 4. The van der Waals surface area contributed by atoms with Crippen LogP contribution in [0.25, 0.3) is 0 Å². The van der Waals surface area contributed by atoms with Crippen LogP contribution in [-0.2, 0) is 62.1 Å². The molecule has 14 heteroatoms. The van der Waals surface area contributed by atoms with Crippen LogP contribution in [0, 0.1) is 51.8 Å². The van der Waals surface area contributed by atoms with E-state index < -0.39 is 11.4 Å². The molecule has 1 rings (SSSR count). The van der Waals surface area contributed by atoms with Crippen molar-refractivity contribution in [1.82, 2.24) is 0 Å². The van der Waals surface area contributed by atoms with Crippen LogP contribution in [0.3, 0.4) is 0 Å². The molecule has 0 atom stereocenters. The van der Waals surface area contributed by atoms with Gasteiger partial charge in [0.1, 0.15) is 0 Å². The Balaban J connectivity index is -0.0000000545. The third-order valence-corrected chi connectivity index (χ3v) is 3.93. The second-order valence-electron chi connectivity index (χ2n) is 2.97. The third-order valence-electron chi connectivity index (χ3n) is 1.80. The van der Waals surface area contributed by atoms with Crippen molar-refractivity contribution >= 4 is 30.6 Å². The predicted octanol–water partition coefficient (Wildman–Crippen LogP) is 3.79. The maximum atomic E-state index is 12.6. The van der Waals surface area contributed by atoms with Gasteiger partial charge in [0.25, 0.3) is 6.18 Å². The summed E-state index contributed by atoms with van der Waals surface area (Å²) < 4.78 is 95.4. The summed E-state index contributed by atoms with van der Waals surface area (Å²) in [4.78, 5) is 0. The van der Waals surface area contributed by atoms with Crippen LogP contribution < -0.4 is 5.30 Å². The molecule has 0 saturated heterocycles. The van der Waals surface area contributed by atoms with Crippen LogP contribution >= 0.6 is 20.0 Å². The van der Waals surface area contributed by atoms with E-state index in [4.69, 9.17) is 27.9 Å². The Morgan fingerprint density at radius 3 is 1.39 bits per heavy atom. The summed E-state index contributed by atoms with van der Waals surface area (Å²) in [5, 5.41) is -0.645. The Labute approximate surface area is 204 Å². The Morgan fingerprint density at radius 2 is 1.16 bits per heavy atom. The van der Waals surface area contributed by atoms with Crippen LogP contribution in [-0.4, -0.2) is 17.7 Å². The van der Waals surface area contributed by atoms with E-state index in [0.717, 1.165) is 0 Å². The minimum atomic E-state index is -4.51. The van der Waals surface area contributed by atoms with E-state index in [-0.39, 0.29) is 54.3 Å². The summed E-state index contributed by atoms with van der Waals surface area (Å²) in [6.45, 7) is 27.0. The zero-order chi connectivity index (χ0) is 24.9. The van der Waals surface area contributed by atoms with E-state index in [2.05, 4.69) is 39.9 Å². The summed E-state index contributed by atoms with van der Waals surface area (Å²) in [7, 11) is 0.211. The third kappa shape index (κ3) is 33.8. The molecule has 0 spiro atoms. The van der Waals surface area contributed by atoms with Gasteiger partial charge in [0, 0.05) is 34.1 Å². The molecule has 1 aromatic rings. The zero-order valence-electron chi connectivity index (χ0n) is 15.0. The summed E-state index contributed by atoms with van der Waals surface area (Å²) in [6, 6.07) is 8.45. The molecule has 170 valence electrons. The SMILES string of the molecule is CS[C-](C([CH-]F)=Pc1ccccc1)C(F)(F)F.[C-]#[O+].[C-]#[O+].[C-]#[O+].[C-]#[O+].[C-]#[O+].[C-]#[O+].[Fe].[Fe]. The number of thioether (sulfide) groups is 1. The van der Waals surface area contributed by atoms with E-state index in [1.54, 1.807) is 30.3 Å². The van der Waals surface area contributed by atoms with Crippen molar-refractivity contribution in [2.45, 2.75) is 6.18 Å². The number of alkyl halides is 3. The van der Waals surface area contributed by atoms with Crippen LogP contribution in [0.1, 0.15) is 0 Å². The molecule has 0 aliphatic carbocycles. The molecule has 0 fully saturated rings. The first-order valence-corrected chi connectivity index (χ1v) is 7.89. The molecule has 6 nitrogen and oxygen atoms in total. The average Bonchev–Trinajstić information content (AvgIpc) is 2.81. The molecule has 0 unspecified atom stereocenters. The number of hydrogen-bond acceptors (Lipinski definition) is 1. The van der Waals surface area contributed by atoms with Gasteiger partial charge in [0.15, 0.2) is 0 Å². The molecular formula is C17H9F4Fe2O6PS-2. The molecule has 0 saturated carbocycles. The second kappa shape index (κ2) is 46.9. The fourth-order valence-corrected chi connectivity index (χ4v) is 2.90. The van der Waals surface area contributed by atoms with E-state index in [1.807, 2.05) is 0 Å². The first-order valence-electron chi connectivity index (χ1n) is 5.77. The van der Waals surface area contributed by atoms with Crippen molar-refractivity contribution in [1.29, 1.82) is 0 Å². The number of benzene rings is 1. The second-order valence-corrected chi connectivity index (χ2v) is 5.01. The first-order chi connectivity index (χ1) is 14.0. The predicted molar refractivity (Wildman–Crippen MR) is 89.8 cm³/mol. The fraction of sp³-hybridized carbons (Fsp3) is 0.118. The van der Waals surface area contributed by atoms with Crippen molar-refractivity contribution in [2.75, 3.05) is 6.26 Å². The van der Waals surface area contributed by atoms with Gasteiger partial charge in [-0.3, -0.25) is 0 Å². The molecule has 0 bridgehead atoms. The van der Waals surface area contributed by atoms with Gasteiger partial charge in [-0.15, -0.1) is 8.20 Å². The van der Waals surface area contributed by atoms with Gasteiger partial charge in [-0.1, -0.05) is 30.3 Å². The smallest absolute Gasteiger partial charge is 0 e. The zero-order valence-corrected chi connectivity index (χ0v) is 18.9. The molecule has 0 aliphatic rings. The standard InChI is InChI=1S/C11H9F4PS.6CO.2Fe/c1-17-10(11(13,14)15)9(7-12)16-8-5-3-2-4-6-8;6*1-2;;/h2-7H,1H3;;;;;;;;/q-2;;;;;;;;. The molecule has 1 aromatic carbocycles. The van der Waals surface area contributed by atoms with Gasteiger partial charge in [0.05, 0.1) is 0 Å². The molecule has 0 heterocycles. The minimum absolute atomic E-state index is 0. The maximum Gasteiger partial charge on any atom is 0 e. The van der Waals surface area contributed by atoms with E-state index >= 15 is 0 Å². The topological polar surface area (TPSA) is 119 Å². The number of hydrogen-bond donors (Lipinski definition) is 0. The normalized spacial score (nSPS) is 7.61. The Hall–Kier alpha value is -1.06. The largest absolute Gasteiger partial charge is 0 e. The van der Waals surface area contributed by atoms with Gasteiger partial charge in [-0.2, -0.15) is 11.9 Å². The fourth-order valence-electron chi connectivity index (χ4n) is 1.13. The first kappa shape index (κ1) is 52.1. The van der Waals surface area contributed by atoms with Gasteiger partial charge >= 0.3 is 67.8 Å². The van der Waals surface area contributed by atoms with Crippen LogP contribution in [0.15, 0.2) is 30.3 Å². The quantitative estimate of drug-likeness (QED) is 0.180. The molecule has 0 amide bonds. The summed E-state index contributed by atoms with van der Waals surface area (Å²) in [5.41, 5.74) is 0. The van der Waals surface area contributed by atoms with Gasteiger partial charge in [-0.25, -0.2) is 13.2 Å². The molecule has 0 aliphatic heterocycles. The Kier molecular flexibility index (Phi) is 78.9. The van der Waals surface area contributed by atoms with Crippen molar-refractivity contribution in [3.05, 3.63) is 82.2 Å².